The Morgan fingerprint density at radius 2 is 2.50 bits per heavy atom. The maximum Gasteiger partial charge on any atom is 0.0985 e. The van der Waals surface area contributed by atoms with Gasteiger partial charge in [0.15, 0.2) is 0 Å². The van der Waals surface area contributed by atoms with Gasteiger partial charge in [-0.25, -0.2) is 0 Å². The first-order valence-corrected chi connectivity index (χ1v) is 4.15. The van der Waals surface area contributed by atoms with Crippen LogP contribution >= 0.6 is 0 Å². The van der Waals surface area contributed by atoms with E-state index in [1.165, 1.54) is 12.8 Å². The van der Waals surface area contributed by atoms with E-state index in [-0.39, 0.29) is 5.60 Å². The van der Waals surface area contributed by atoms with E-state index in [0.29, 0.717) is 6.10 Å². The highest BCUT2D eigenvalue weighted by Gasteiger charge is 2.65. The molecule has 0 radical (unpaired) electrons. The number of hydrogen-bond acceptors (Lipinski definition) is 1. The second-order valence-corrected chi connectivity index (χ2v) is 3.98. The predicted octanol–water partition coefficient (Wildman–Crippen LogP) is 1.74. The fourth-order valence-electron chi connectivity index (χ4n) is 2.73. The van der Waals surface area contributed by atoms with Crippen molar-refractivity contribution in [1.29, 1.82) is 0 Å². The van der Waals surface area contributed by atoms with E-state index in [4.69, 9.17) is 4.74 Å². The van der Waals surface area contributed by atoms with Gasteiger partial charge in [0.25, 0.3) is 0 Å². The third kappa shape index (κ3) is 0.420. The quantitative estimate of drug-likeness (QED) is 0.365. The molecular weight excluding hydrogens is 124 g/mol. The van der Waals surface area contributed by atoms with Crippen LogP contribution in [0.4, 0.5) is 0 Å². The largest absolute Gasteiger partial charge is 0.366 e. The van der Waals surface area contributed by atoms with Crippen molar-refractivity contribution in [2.24, 2.45) is 11.8 Å². The highest BCUT2D eigenvalue weighted by molar-refractivity contribution is 5.22. The zero-order valence-corrected chi connectivity index (χ0v) is 6.21. The summed E-state index contributed by atoms with van der Waals surface area (Å²) in [7, 11) is 0. The Morgan fingerprint density at radius 3 is 3.30 bits per heavy atom. The fourth-order valence-corrected chi connectivity index (χ4v) is 2.73. The van der Waals surface area contributed by atoms with E-state index < -0.39 is 0 Å². The fraction of sp³-hybridized carbons (Fsp3) is 0.778. The molecule has 0 spiro atoms. The summed E-state index contributed by atoms with van der Waals surface area (Å²) in [5.74, 6) is 1.70. The van der Waals surface area contributed by atoms with Crippen LogP contribution in [0.2, 0.25) is 0 Å². The average Bonchev–Trinajstić information content (AvgIpc) is 2.35. The molecule has 0 aromatic heterocycles. The molecule has 1 nitrogen and oxygen atoms in total. The maximum atomic E-state index is 5.60. The van der Waals surface area contributed by atoms with Gasteiger partial charge in [0.2, 0.25) is 0 Å². The van der Waals surface area contributed by atoms with Crippen molar-refractivity contribution in [3.63, 3.8) is 0 Å². The maximum absolute atomic E-state index is 5.60. The van der Waals surface area contributed by atoms with Crippen molar-refractivity contribution >= 4 is 0 Å². The van der Waals surface area contributed by atoms with Gasteiger partial charge in [-0.3, -0.25) is 0 Å². The molecule has 1 aliphatic heterocycles. The molecule has 54 valence electrons. The summed E-state index contributed by atoms with van der Waals surface area (Å²) < 4.78 is 5.60. The first kappa shape index (κ1) is 5.36. The summed E-state index contributed by atoms with van der Waals surface area (Å²) in [6.07, 6.45) is 7.91. The van der Waals surface area contributed by atoms with Crippen LogP contribution < -0.4 is 0 Å². The van der Waals surface area contributed by atoms with Gasteiger partial charge in [-0.15, -0.1) is 0 Å². The predicted molar refractivity (Wildman–Crippen MR) is 38.6 cm³/mol. The second kappa shape index (κ2) is 1.33. The smallest absolute Gasteiger partial charge is 0.0985 e. The Hall–Kier alpha value is -0.300. The molecule has 1 saturated carbocycles. The Labute approximate surface area is 61.1 Å². The lowest BCUT2D eigenvalue weighted by Crippen LogP contribution is -2.17. The van der Waals surface area contributed by atoms with Crippen molar-refractivity contribution in [3.05, 3.63) is 12.2 Å². The van der Waals surface area contributed by atoms with Crippen LogP contribution in [0.1, 0.15) is 19.8 Å². The minimum absolute atomic E-state index is 0.275. The number of epoxide rings is 1. The lowest BCUT2D eigenvalue weighted by molar-refractivity contribution is 0.188. The normalized spacial score (nSPS) is 62.3. The van der Waals surface area contributed by atoms with E-state index in [2.05, 4.69) is 19.1 Å². The molecule has 0 amide bonds. The minimum Gasteiger partial charge on any atom is -0.366 e. The summed E-state index contributed by atoms with van der Waals surface area (Å²) in [5, 5.41) is 0. The zero-order valence-electron chi connectivity index (χ0n) is 6.21. The van der Waals surface area contributed by atoms with Gasteiger partial charge < -0.3 is 4.74 Å². The van der Waals surface area contributed by atoms with Crippen LogP contribution in [-0.2, 0) is 4.74 Å². The molecule has 2 fully saturated rings. The van der Waals surface area contributed by atoms with Crippen LogP contribution in [0.3, 0.4) is 0 Å². The van der Waals surface area contributed by atoms with Gasteiger partial charge in [-0.05, 0) is 25.7 Å². The van der Waals surface area contributed by atoms with Crippen LogP contribution in [-0.4, -0.2) is 11.7 Å². The van der Waals surface area contributed by atoms with Crippen molar-refractivity contribution < 1.29 is 4.74 Å². The summed E-state index contributed by atoms with van der Waals surface area (Å²) >= 11 is 0. The van der Waals surface area contributed by atoms with Crippen LogP contribution in [0.5, 0.6) is 0 Å². The highest BCUT2D eigenvalue weighted by Crippen LogP contribution is 2.59. The second-order valence-electron chi connectivity index (χ2n) is 3.98. The van der Waals surface area contributed by atoms with Gasteiger partial charge in [-0.2, -0.15) is 0 Å². The van der Waals surface area contributed by atoms with Gasteiger partial charge >= 0.3 is 0 Å². The summed E-state index contributed by atoms with van der Waals surface area (Å²) in [5.41, 5.74) is 0.275. The molecule has 3 aliphatic rings. The molecule has 3 rings (SSSR count). The molecule has 2 aliphatic carbocycles. The molecule has 1 heteroatoms. The third-order valence-corrected chi connectivity index (χ3v) is 3.45. The molecule has 0 aromatic rings. The lowest BCUT2D eigenvalue weighted by atomic mass is 9.92. The molecule has 1 saturated heterocycles. The Morgan fingerprint density at radius 1 is 1.60 bits per heavy atom. The third-order valence-electron chi connectivity index (χ3n) is 3.45. The van der Waals surface area contributed by atoms with Crippen LogP contribution in [0.15, 0.2) is 12.2 Å². The minimum atomic E-state index is 0.275. The van der Waals surface area contributed by atoms with Gasteiger partial charge in [0.05, 0.1) is 11.7 Å². The van der Waals surface area contributed by atoms with Crippen LogP contribution in [0.25, 0.3) is 0 Å². The number of rotatable bonds is 0. The van der Waals surface area contributed by atoms with E-state index in [1.807, 2.05) is 0 Å². The number of hydrogen-bond donors (Lipinski definition) is 0. The van der Waals surface area contributed by atoms with Crippen molar-refractivity contribution in [1.82, 2.24) is 0 Å². The molecular formula is C9H12O. The number of ether oxygens (including phenoxy) is 1. The zero-order chi connectivity index (χ0) is 6.77. The molecule has 0 bridgehead atoms. The van der Waals surface area contributed by atoms with E-state index in [0.717, 1.165) is 11.8 Å². The summed E-state index contributed by atoms with van der Waals surface area (Å²) in [6, 6.07) is 0. The van der Waals surface area contributed by atoms with Gasteiger partial charge in [0, 0.05) is 5.92 Å². The van der Waals surface area contributed by atoms with Crippen LogP contribution in [0, 0.1) is 11.8 Å². The molecule has 0 N–H and O–H groups in total. The Kier molecular flexibility index (Phi) is 0.713. The van der Waals surface area contributed by atoms with Gasteiger partial charge in [-0.1, -0.05) is 12.2 Å². The van der Waals surface area contributed by atoms with E-state index >= 15 is 0 Å². The Balaban J connectivity index is 2.00. The summed E-state index contributed by atoms with van der Waals surface area (Å²) in [4.78, 5) is 0. The highest BCUT2D eigenvalue weighted by atomic mass is 16.6. The topological polar surface area (TPSA) is 12.5 Å². The van der Waals surface area contributed by atoms with E-state index in [9.17, 15) is 0 Å². The Bertz CT molecular complexity index is 209. The molecule has 1 heterocycles. The standard InChI is InChI=1S/C9H12O/c1-9-7-4-2-3-6(7)5-8(9)10-9/h2,4,6-8H,3,5H2,1H3/t6-,7-,8-,9+/m1/s1. The lowest BCUT2D eigenvalue weighted by Gasteiger charge is -2.15. The van der Waals surface area contributed by atoms with Crippen molar-refractivity contribution in [3.8, 4) is 0 Å². The first-order valence-electron chi connectivity index (χ1n) is 4.15. The number of fused-ring (bicyclic) bond motifs is 3. The van der Waals surface area contributed by atoms with E-state index in [1.54, 1.807) is 0 Å². The van der Waals surface area contributed by atoms with Crippen molar-refractivity contribution in [2.45, 2.75) is 31.5 Å². The van der Waals surface area contributed by atoms with Gasteiger partial charge in [0.1, 0.15) is 0 Å². The SMILES string of the molecule is C[C@@]12O[C@@H]1C[C@H]1CC=C[C@H]12. The first-order chi connectivity index (χ1) is 4.81. The molecule has 0 aromatic carbocycles. The monoisotopic (exact) mass is 136 g/mol. The average molecular weight is 136 g/mol. The number of allylic oxidation sites excluding steroid dienone is 1. The molecule has 4 atom stereocenters. The molecule has 0 unspecified atom stereocenters. The molecule has 10 heavy (non-hydrogen) atoms. The summed E-state index contributed by atoms with van der Waals surface area (Å²) in [6.45, 7) is 2.26. The van der Waals surface area contributed by atoms with Crippen molar-refractivity contribution in [2.75, 3.05) is 0 Å².